The molecular formula is C14H26O2. The van der Waals surface area contributed by atoms with Crippen LogP contribution in [0.5, 0.6) is 0 Å². The highest BCUT2D eigenvalue weighted by atomic mass is 16.4. The lowest BCUT2D eigenvalue weighted by Crippen LogP contribution is -2.17. The second-order valence-corrected chi connectivity index (χ2v) is 5.33. The van der Waals surface area contributed by atoms with Crippen LogP contribution >= 0.6 is 0 Å². The number of hydrogen-bond donors (Lipinski definition) is 1. The lowest BCUT2D eigenvalue weighted by Gasteiger charge is -2.18. The summed E-state index contributed by atoms with van der Waals surface area (Å²) >= 11 is 0. The molecule has 3 atom stereocenters. The number of carboxylic acids is 1. The smallest absolute Gasteiger partial charge is 0.306 e. The molecule has 1 rings (SSSR count). The van der Waals surface area contributed by atoms with E-state index in [4.69, 9.17) is 0 Å². The number of rotatable bonds is 3. The third kappa shape index (κ3) is 4.15. The number of carboxylic acid groups (broad SMARTS) is 1. The highest BCUT2D eigenvalue weighted by Crippen LogP contribution is 2.31. The number of hydrogen-bond acceptors (Lipinski definition) is 1. The highest BCUT2D eigenvalue weighted by molar-refractivity contribution is 5.69. The Morgan fingerprint density at radius 2 is 1.69 bits per heavy atom. The zero-order chi connectivity index (χ0) is 12.0. The van der Waals surface area contributed by atoms with E-state index in [1.807, 2.05) is 0 Å². The predicted octanol–water partition coefficient (Wildman–Crippen LogP) is 4.09. The molecule has 0 aromatic heterocycles. The maximum atomic E-state index is 11.2. The Kier molecular flexibility index (Phi) is 5.86. The summed E-state index contributed by atoms with van der Waals surface area (Å²) < 4.78 is 0. The monoisotopic (exact) mass is 226 g/mol. The van der Waals surface area contributed by atoms with Crippen LogP contribution in [0.1, 0.15) is 65.2 Å². The van der Waals surface area contributed by atoms with Crippen LogP contribution in [-0.2, 0) is 4.79 Å². The van der Waals surface area contributed by atoms with Crippen molar-refractivity contribution in [3.63, 3.8) is 0 Å². The fourth-order valence-corrected chi connectivity index (χ4v) is 2.92. The molecule has 3 unspecified atom stereocenters. The van der Waals surface area contributed by atoms with Crippen molar-refractivity contribution in [3.05, 3.63) is 0 Å². The number of aliphatic carboxylic acids is 1. The first-order valence-corrected chi connectivity index (χ1v) is 6.90. The van der Waals surface area contributed by atoms with Crippen LogP contribution in [0.4, 0.5) is 0 Å². The molecule has 16 heavy (non-hydrogen) atoms. The predicted molar refractivity (Wildman–Crippen MR) is 66.4 cm³/mol. The first kappa shape index (κ1) is 13.5. The maximum Gasteiger partial charge on any atom is 0.306 e. The molecule has 0 amide bonds. The van der Waals surface area contributed by atoms with Crippen LogP contribution in [0, 0.1) is 17.8 Å². The molecule has 0 radical (unpaired) electrons. The molecule has 1 N–H and O–H groups in total. The van der Waals surface area contributed by atoms with Gasteiger partial charge in [-0.05, 0) is 31.1 Å². The first-order valence-electron chi connectivity index (χ1n) is 6.90. The SMILES string of the molecule is CCC1CCCC(CC)CC(C(=O)O)CC1. The molecular weight excluding hydrogens is 200 g/mol. The molecule has 1 saturated carbocycles. The average Bonchev–Trinajstić information content (AvgIpc) is 2.38. The van der Waals surface area contributed by atoms with Crippen LogP contribution in [0.15, 0.2) is 0 Å². The summed E-state index contributed by atoms with van der Waals surface area (Å²) in [7, 11) is 0. The molecule has 0 saturated heterocycles. The van der Waals surface area contributed by atoms with Gasteiger partial charge in [0.2, 0.25) is 0 Å². The average molecular weight is 226 g/mol. The number of carbonyl (C=O) groups is 1. The zero-order valence-corrected chi connectivity index (χ0v) is 10.7. The first-order chi connectivity index (χ1) is 7.67. The summed E-state index contributed by atoms with van der Waals surface area (Å²) in [6.45, 7) is 4.43. The van der Waals surface area contributed by atoms with Crippen LogP contribution in [0.2, 0.25) is 0 Å². The summed E-state index contributed by atoms with van der Waals surface area (Å²) in [6.07, 6.45) is 9.10. The Hall–Kier alpha value is -0.530. The van der Waals surface area contributed by atoms with E-state index in [1.54, 1.807) is 0 Å². The minimum atomic E-state index is -0.574. The molecule has 2 heteroatoms. The van der Waals surface area contributed by atoms with E-state index in [1.165, 1.54) is 25.7 Å². The van der Waals surface area contributed by atoms with Crippen molar-refractivity contribution in [1.82, 2.24) is 0 Å². The molecule has 1 aliphatic carbocycles. The van der Waals surface area contributed by atoms with Gasteiger partial charge in [0, 0.05) is 0 Å². The van der Waals surface area contributed by atoms with Crippen molar-refractivity contribution >= 4 is 5.97 Å². The van der Waals surface area contributed by atoms with E-state index in [2.05, 4.69) is 13.8 Å². The van der Waals surface area contributed by atoms with Gasteiger partial charge in [-0.2, -0.15) is 0 Å². The molecule has 0 aromatic carbocycles. The van der Waals surface area contributed by atoms with E-state index >= 15 is 0 Å². The standard InChI is InChI=1S/C14H26O2/c1-3-11-6-5-7-12(4-2)10-13(9-8-11)14(15)16/h11-13H,3-10H2,1-2H3,(H,15,16). The fourth-order valence-electron chi connectivity index (χ4n) is 2.92. The third-order valence-corrected chi connectivity index (χ3v) is 4.27. The fraction of sp³-hybridized carbons (Fsp3) is 0.929. The van der Waals surface area contributed by atoms with Crippen molar-refractivity contribution in [2.75, 3.05) is 0 Å². The molecule has 1 aliphatic rings. The van der Waals surface area contributed by atoms with Crippen molar-refractivity contribution < 1.29 is 9.90 Å². The van der Waals surface area contributed by atoms with Gasteiger partial charge < -0.3 is 5.11 Å². The van der Waals surface area contributed by atoms with E-state index in [0.717, 1.165) is 31.6 Å². The molecule has 2 nitrogen and oxygen atoms in total. The molecule has 0 bridgehead atoms. The minimum absolute atomic E-state index is 0.0860. The Balaban J connectivity index is 2.59. The van der Waals surface area contributed by atoms with Gasteiger partial charge in [0.25, 0.3) is 0 Å². The van der Waals surface area contributed by atoms with Gasteiger partial charge in [0.1, 0.15) is 0 Å². The van der Waals surface area contributed by atoms with E-state index in [0.29, 0.717) is 5.92 Å². The summed E-state index contributed by atoms with van der Waals surface area (Å²) in [6, 6.07) is 0. The van der Waals surface area contributed by atoms with E-state index in [-0.39, 0.29) is 5.92 Å². The Morgan fingerprint density at radius 3 is 2.25 bits per heavy atom. The van der Waals surface area contributed by atoms with E-state index < -0.39 is 5.97 Å². The largest absolute Gasteiger partial charge is 0.481 e. The summed E-state index contributed by atoms with van der Waals surface area (Å²) in [5.41, 5.74) is 0. The topological polar surface area (TPSA) is 37.3 Å². The van der Waals surface area contributed by atoms with Gasteiger partial charge in [0.15, 0.2) is 0 Å². The third-order valence-electron chi connectivity index (χ3n) is 4.27. The summed E-state index contributed by atoms with van der Waals surface area (Å²) in [4.78, 5) is 11.2. The van der Waals surface area contributed by atoms with Crippen molar-refractivity contribution in [1.29, 1.82) is 0 Å². The zero-order valence-electron chi connectivity index (χ0n) is 10.7. The van der Waals surface area contributed by atoms with Gasteiger partial charge in [-0.1, -0.05) is 46.0 Å². The molecule has 0 aromatic rings. The van der Waals surface area contributed by atoms with Gasteiger partial charge in [-0.25, -0.2) is 0 Å². The Bertz CT molecular complexity index is 213. The quantitative estimate of drug-likeness (QED) is 0.786. The highest BCUT2D eigenvalue weighted by Gasteiger charge is 2.24. The summed E-state index contributed by atoms with van der Waals surface area (Å²) in [5, 5.41) is 9.22. The minimum Gasteiger partial charge on any atom is -0.481 e. The Morgan fingerprint density at radius 1 is 1.06 bits per heavy atom. The van der Waals surface area contributed by atoms with Gasteiger partial charge >= 0.3 is 5.97 Å². The van der Waals surface area contributed by atoms with Gasteiger partial charge in [-0.15, -0.1) is 0 Å². The second kappa shape index (κ2) is 6.93. The molecule has 0 spiro atoms. The lowest BCUT2D eigenvalue weighted by atomic mass is 9.87. The molecule has 0 aliphatic heterocycles. The van der Waals surface area contributed by atoms with Gasteiger partial charge in [-0.3, -0.25) is 4.79 Å². The molecule has 94 valence electrons. The van der Waals surface area contributed by atoms with Crippen LogP contribution in [0.25, 0.3) is 0 Å². The van der Waals surface area contributed by atoms with Crippen LogP contribution in [-0.4, -0.2) is 11.1 Å². The van der Waals surface area contributed by atoms with Crippen LogP contribution in [0.3, 0.4) is 0 Å². The van der Waals surface area contributed by atoms with Crippen molar-refractivity contribution in [3.8, 4) is 0 Å². The summed E-state index contributed by atoms with van der Waals surface area (Å²) in [5.74, 6) is 0.737. The lowest BCUT2D eigenvalue weighted by molar-refractivity contribution is -0.142. The normalized spacial score (nSPS) is 32.5. The van der Waals surface area contributed by atoms with Crippen molar-refractivity contribution in [2.45, 2.75) is 65.2 Å². The van der Waals surface area contributed by atoms with Gasteiger partial charge in [0.05, 0.1) is 5.92 Å². The van der Waals surface area contributed by atoms with E-state index in [9.17, 15) is 9.90 Å². The maximum absolute atomic E-state index is 11.2. The second-order valence-electron chi connectivity index (χ2n) is 5.33. The van der Waals surface area contributed by atoms with Crippen molar-refractivity contribution in [2.24, 2.45) is 17.8 Å². The molecule has 0 heterocycles. The Labute approximate surface area is 99.4 Å². The molecule has 1 fully saturated rings. The van der Waals surface area contributed by atoms with Crippen LogP contribution < -0.4 is 0 Å².